The Bertz CT molecular complexity index is 524. The molecule has 5 heteroatoms. The van der Waals surface area contributed by atoms with Crippen molar-refractivity contribution in [2.45, 2.75) is 19.9 Å². The van der Waals surface area contributed by atoms with Gasteiger partial charge in [0.05, 0.1) is 12.2 Å². The molecule has 4 nitrogen and oxygen atoms in total. The summed E-state index contributed by atoms with van der Waals surface area (Å²) in [4.78, 5) is 3.81. The summed E-state index contributed by atoms with van der Waals surface area (Å²) < 4.78 is 18.6. The fraction of sp³-hybridized carbons (Fsp3) is 0.250. The molecule has 0 aliphatic heterocycles. The van der Waals surface area contributed by atoms with Gasteiger partial charge in [0.25, 0.3) is 0 Å². The lowest BCUT2D eigenvalue weighted by atomic mass is 10.0. The molecular formula is C12H14FN3O. The van der Waals surface area contributed by atoms with E-state index in [0.717, 1.165) is 23.3 Å². The van der Waals surface area contributed by atoms with Gasteiger partial charge in [-0.15, -0.1) is 0 Å². The van der Waals surface area contributed by atoms with Gasteiger partial charge in [0, 0.05) is 11.8 Å². The van der Waals surface area contributed by atoms with Crippen LogP contribution >= 0.6 is 0 Å². The Morgan fingerprint density at radius 1 is 1.35 bits per heavy atom. The summed E-state index contributed by atoms with van der Waals surface area (Å²) in [6, 6.07) is 2.96. The maximum absolute atomic E-state index is 13.1. The lowest BCUT2D eigenvalue weighted by Crippen LogP contribution is -2.29. The van der Waals surface area contributed by atoms with Crippen LogP contribution in [0.1, 0.15) is 28.7 Å². The maximum Gasteiger partial charge on any atom is 0.141 e. The Balaban J connectivity index is 2.43. The van der Waals surface area contributed by atoms with Crippen molar-refractivity contribution in [3.8, 4) is 0 Å². The first-order chi connectivity index (χ1) is 8.11. The Labute approximate surface area is 98.6 Å². The SMILES string of the molecule is Cc1cc(C(NN)c2cncc(F)c2)c(C)o1. The Morgan fingerprint density at radius 3 is 2.65 bits per heavy atom. The van der Waals surface area contributed by atoms with Gasteiger partial charge < -0.3 is 4.42 Å². The number of aromatic nitrogens is 1. The number of furan rings is 1. The number of nitrogens with one attached hydrogen (secondary N) is 1. The highest BCUT2D eigenvalue weighted by molar-refractivity contribution is 5.33. The molecule has 0 amide bonds. The van der Waals surface area contributed by atoms with Crippen LogP contribution in [-0.4, -0.2) is 4.98 Å². The van der Waals surface area contributed by atoms with Gasteiger partial charge >= 0.3 is 0 Å². The van der Waals surface area contributed by atoms with Crippen molar-refractivity contribution >= 4 is 0 Å². The van der Waals surface area contributed by atoms with Gasteiger partial charge in [0.15, 0.2) is 0 Å². The summed E-state index contributed by atoms with van der Waals surface area (Å²) in [7, 11) is 0. The van der Waals surface area contributed by atoms with Crippen molar-refractivity contribution in [3.05, 3.63) is 53.0 Å². The highest BCUT2D eigenvalue weighted by Gasteiger charge is 2.18. The monoisotopic (exact) mass is 235 g/mol. The van der Waals surface area contributed by atoms with E-state index in [1.165, 1.54) is 6.07 Å². The van der Waals surface area contributed by atoms with Crippen molar-refractivity contribution < 1.29 is 8.81 Å². The summed E-state index contributed by atoms with van der Waals surface area (Å²) in [6.07, 6.45) is 2.74. The first-order valence-corrected chi connectivity index (χ1v) is 5.25. The average molecular weight is 235 g/mol. The molecule has 0 radical (unpaired) electrons. The van der Waals surface area contributed by atoms with E-state index >= 15 is 0 Å². The molecule has 90 valence electrons. The molecule has 17 heavy (non-hydrogen) atoms. The minimum Gasteiger partial charge on any atom is -0.466 e. The molecule has 3 N–H and O–H groups in total. The Hall–Kier alpha value is -1.72. The van der Waals surface area contributed by atoms with E-state index in [1.807, 2.05) is 19.9 Å². The standard InChI is InChI=1S/C12H14FN3O/c1-7-3-11(8(2)17-7)12(16-14)9-4-10(13)6-15-5-9/h3-6,12,16H,14H2,1-2H3. The molecule has 0 aromatic carbocycles. The number of aryl methyl sites for hydroxylation is 2. The molecular weight excluding hydrogens is 221 g/mol. The summed E-state index contributed by atoms with van der Waals surface area (Å²) in [6.45, 7) is 3.70. The van der Waals surface area contributed by atoms with E-state index in [9.17, 15) is 4.39 Å². The van der Waals surface area contributed by atoms with Crippen LogP contribution in [0.4, 0.5) is 4.39 Å². The minimum atomic E-state index is -0.388. The quantitative estimate of drug-likeness (QED) is 0.630. The molecule has 0 aliphatic rings. The predicted molar refractivity (Wildman–Crippen MR) is 61.5 cm³/mol. The van der Waals surface area contributed by atoms with E-state index < -0.39 is 0 Å². The summed E-state index contributed by atoms with van der Waals surface area (Å²) in [5, 5.41) is 0. The Morgan fingerprint density at radius 2 is 2.12 bits per heavy atom. The molecule has 0 saturated carbocycles. The normalized spacial score (nSPS) is 12.7. The van der Waals surface area contributed by atoms with Gasteiger partial charge in [0.2, 0.25) is 0 Å². The van der Waals surface area contributed by atoms with Crippen LogP contribution in [0.5, 0.6) is 0 Å². The third-order valence-corrected chi connectivity index (χ3v) is 2.62. The second-order valence-corrected chi connectivity index (χ2v) is 3.90. The Kier molecular flexibility index (Phi) is 3.21. The number of pyridine rings is 1. The van der Waals surface area contributed by atoms with Gasteiger partial charge in [-0.3, -0.25) is 10.8 Å². The zero-order valence-electron chi connectivity index (χ0n) is 9.70. The first-order valence-electron chi connectivity index (χ1n) is 5.25. The molecule has 2 rings (SSSR count). The van der Waals surface area contributed by atoms with E-state index in [4.69, 9.17) is 10.3 Å². The van der Waals surface area contributed by atoms with E-state index in [0.29, 0.717) is 5.56 Å². The zero-order chi connectivity index (χ0) is 12.4. The van der Waals surface area contributed by atoms with Crippen molar-refractivity contribution in [1.82, 2.24) is 10.4 Å². The summed E-state index contributed by atoms with van der Waals surface area (Å²) in [5.41, 5.74) is 4.20. The smallest absolute Gasteiger partial charge is 0.141 e. The van der Waals surface area contributed by atoms with E-state index in [-0.39, 0.29) is 11.9 Å². The first kappa shape index (κ1) is 11.8. The number of hydrogen-bond donors (Lipinski definition) is 2. The van der Waals surface area contributed by atoms with Gasteiger partial charge in [-0.2, -0.15) is 0 Å². The second kappa shape index (κ2) is 4.65. The molecule has 1 atom stereocenters. The van der Waals surface area contributed by atoms with Gasteiger partial charge in [-0.05, 0) is 31.5 Å². The number of halogens is 1. The minimum absolute atomic E-state index is 0.323. The van der Waals surface area contributed by atoms with E-state index in [2.05, 4.69) is 10.4 Å². The van der Waals surface area contributed by atoms with E-state index in [1.54, 1.807) is 6.20 Å². The highest BCUT2D eigenvalue weighted by Crippen LogP contribution is 2.26. The van der Waals surface area contributed by atoms with Gasteiger partial charge in [0.1, 0.15) is 17.3 Å². The van der Waals surface area contributed by atoms with Crippen molar-refractivity contribution in [2.24, 2.45) is 5.84 Å². The third-order valence-electron chi connectivity index (χ3n) is 2.62. The van der Waals surface area contributed by atoms with Gasteiger partial charge in [-0.25, -0.2) is 9.82 Å². The molecule has 0 aliphatic carbocycles. The predicted octanol–water partition coefficient (Wildman–Crippen LogP) is 1.98. The fourth-order valence-corrected chi connectivity index (χ4v) is 1.89. The molecule has 1 unspecified atom stereocenters. The van der Waals surface area contributed by atoms with Crippen molar-refractivity contribution in [2.75, 3.05) is 0 Å². The number of nitrogens with zero attached hydrogens (tertiary/aromatic N) is 1. The van der Waals surface area contributed by atoms with Crippen LogP contribution in [0.3, 0.4) is 0 Å². The molecule has 2 aromatic rings. The summed E-state index contributed by atoms with van der Waals surface area (Å²) >= 11 is 0. The molecule has 0 saturated heterocycles. The highest BCUT2D eigenvalue weighted by atomic mass is 19.1. The average Bonchev–Trinajstić information content (AvgIpc) is 2.59. The molecule has 2 aromatic heterocycles. The third kappa shape index (κ3) is 2.35. The number of hydrazine groups is 1. The van der Waals surface area contributed by atoms with Crippen LogP contribution in [0.25, 0.3) is 0 Å². The number of nitrogens with two attached hydrogens (primary N) is 1. The van der Waals surface area contributed by atoms with Crippen LogP contribution in [0, 0.1) is 19.7 Å². The van der Waals surface area contributed by atoms with Gasteiger partial charge in [-0.1, -0.05) is 0 Å². The maximum atomic E-state index is 13.1. The lowest BCUT2D eigenvalue weighted by molar-refractivity contribution is 0.494. The van der Waals surface area contributed by atoms with Crippen LogP contribution < -0.4 is 11.3 Å². The molecule has 0 fully saturated rings. The fourth-order valence-electron chi connectivity index (χ4n) is 1.89. The molecule has 0 spiro atoms. The number of rotatable bonds is 3. The largest absolute Gasteiger partial charge is 0.466 e. The van der Waals surface area contributed by atoms with Crippen LogP contribution in [0.15, 0.2) is 28.9 Å². The summed E-state index contributed by atoms with van der Waals surface area (Å²) in [5.74, 6) is 6.69. The molecule has 2 heterocycles. The lowest BCUT2D eigenvalue weighted by Gasteiger charge is -2.15. The zero-order valence-corrected chi connectivity index (χ0v) is 9.70. The van der Waals surface area contributed by atoms with Crippen molar-refractivity contribution in [3.63, 3.8) is 0 Å². The second-order valence-electron chi connectivity index (χ2n) is 3.90. The van der Waals surface area contributed by atoms with Crippen LogP contribution in [0.2, 0.25) is 0 Å². The van der Waals surface area contributed by atoms with Crippen LogP contribution in [-0.2, 0) is 0 Å². The number of hydrogen-bond acceptors (Lipinski definition) is 4. The molecule has 0 bridgehead atoms. The topological polar surface area (TPSA) is 64.1 Å². The van der Waals surface area contributed by atoms with Crippen molar-refractivity contribution in [1.29, 1.82) is 0 Å².